The van der Waals surface area contributed by atoms with Crippen molar-refractivity contribution < 1.29 is 18.9 Å². The summed E-state index contributed by atoms with van der Waals surface area (Å²) in [5.74, 6) is 3.09. The summed E-state index contributed by atoms with van der Waals surface area (Å²) in [5, 5.41) is 2.27. The normalized spacial score (nSPS) is 18.7. The predicted octanol–water partition coefficient (Wildman–Crippen LogP) is 2.03. The first kappa shape index (κ1) is 15.2. The van der Waals surface area contributed by atoms with E-state index in [1.807, 2.05) is 6.07 Å². The van der Waals surface area contributed by atoms with E-state index in [0.29, 0.717) is 0 Å². The molecular weight excluding hydrogens is 330 g/mol. The minimum absolute atomic E-state index is 0.120. The van der Waals surface area contributed by atoms with Gasteiger partial charge in [-0.05, 0) is 46.2 Å². The molecule has 26 heavy (non-hydrogen) atoms. The Balaban J connectivity index is 1.78. The van der Waals surface area contributed by atoms with Crippen LogP contribution in [-0.2, 0) is 0 Å². The van der Waals surface area contributed by atoms with Crippen LogP contribution in [0, 0.1) is 0 Å². The largest absolute Gasteiger partial charge is 0.493 e. The molecule has 2 aromatic rings. The van der Waals surface area contributed by atoms with E-state index in [2.05, 4.69) is 48.5 Å². The summed E-state index contributed by atoms with van der Waals surface area (Å²) in [6, 6.07) is 8.36. The van der Waals surface area contributed by atoms with Crippen LogP contribution in [0.1, 0.15) is 17.2 Å². The van der Waals surface area contributed by atoms with Crippen LogP contribution < -0.4 is 29.4 Å². The van der Waals surface area contributed by atoms with Gasteiger partial charge in [0.2, 0.25) is 6.79 Å². The van der Waals surface area contributed by atoms with Crippen molar-refractivity contribution in [2.24, 2.45) is 0 Å². The summed E-state index contributed by atoms with van der Waals surface area (Å²) < 4.78 is 22.1. The van der Waals surface area contributed by atoms with Crippen LogP contribution >= 0.6 is 0 Å². The number of rotatable bonds is 2. The van der Waals surface area contributed by atoms with Crippen molar-refractivity contribution in [2.75, 3.05) is 28.1 Å². The fraction of sp³-hybridized carbons (Fsp3) is 0.238. The molecule has 0 unspecified atom stereocenters. The highest BCUT2D eigenvalue weighted by atomic mass is 16.7. The lowest BCUT2D eigenvalue weighted by Gasteiger charge is -2.35. The summed E-state index contributed by atoms with van der Waals surface area (Å²) in [4.78, 5) is 2.23. The summed E-state index contributed by atoms with van der Waals surface area (Å²) >= 11 is 0. The molecule has 5 heteroatoms. The van der Waals surface area contributed by atoms with Crippen molar-refractivity contribution in [3.63, 3.8) is 0 Å². The summed E-state index contributed by atoms with van der Waals surface area (Å²) in [6.07, 6.45) is 6.48. The van der Waals surface area contributed by atoms with Crippen LogP contribution in [0.2, 0.25) is 0 Å². The second-order valence-corrected chi connectivity index (χ2v) is 6.61. The van der Waals surface area contributed by atoms with Crippen molar-refractivity contribution in [3.8, 4) is 23.0 Å². The van der Waals surface area contributed by atoms with Gasteiger partial charge >= 0.3 is 0 Å². The van der Waals surface area contributed by atoms with E-state index < -0.39 is 0 Å². The Morgan fingerprint density at radius 3 is 2.46 bits per heavy atom. The van der Waals surface area contributed by atoms with E-state index in [1.54, 1.807) is 14.2 Å². The SMILES string of the molecule is COc1cc2c(cc1OC)=C1C=Cc3cc4c(cc3[C@H]1N(C)C=2)OCO4. The third kappa shape index (κ3) is 2.03. The molecule has 1 aliphatic carbocycles. The van der Waals surface area contributed by atoms with E-state index in [9.17, 15) is 0 Å². The van der Waals surface area contributed by atoms with E-state index in [0.717, 1.165) is 39.0 Å². The Morgan fingerprint density at radius 2 is 1.69 bits per heavy atom. The molecule has 0 fully saturated rings. The lowest BCUT2D eigenvalue weighted by Crippen LogP contribution is -2.39. The lowest BCUT2D eigenvalue weighted by atomic mass is 9.85. The van der Waals surface area contributed by atoms with Crippen LogP contribution in [-0.4, -0.2) is 33.0 Å². The first-order valence-electron chi connectivity index (χ1n) is 8.51. The number of methoxy groups -OCH3 is 2. The van der Waals surface area contributed by atoms with E-state index in [1.165, 1.54) is 11.1 Å². The number of benzene rings is 2. The zero-order valence-electron chi connectivity index (χ0n) is 14.9. The molecule has 2 heterocycles. The maximum Gasteiger partial charge on any atom is 0.231 e. The summed E-state index contributed by atoms with van der Waals surface area (Å²) in [5.41, 5.74) is 3.61. The van der Waals surface area contributed by atoms with Crippen LogP contribution in [0.15, 0.2) is 30.3 Å². The van der Waals surface area contributed by atoms with Crippen molar-refractivity contribution in [1.82, 2.24) is 4.90 Å². The standard InChI is InChI=1S/C21H19NO4/c1-22-10-13-7-17(23-2)18(24-3)8-15(13)14-5-4-12-6-19-20(26-11-25-19)9-16(12)21(14)22/h4-10,21H,11H2,1-3H3/t21-/m0/s1. The van der Waals surface area contributed by atoms with Crippen LogP contribution in [0.25, 0.3) is 17.8 Å². The van der Waals surface area contributed by atoms with Gasteiger partial charge in [0.1, 0.15) is 0 Å². The van der Waals surface area contributed by atoms with Crippen molar-refractivity contribution >= 4 is 17.8 Å². The second-order valence-electron chi connectivity index (χ2n) is 6.61. The molecule has 5 nitrogen and oxygen atoms in total. The van der Waals surface area contributed by atoms with Gasteiger partial charge in [0.05, 0.1) is 20.3 Å². The molecule has 3 aliphatic rings. The number of fused-ring (bicyclic) bond motifs is 5. The maximum atomic E-state index is 5.59. The molecule has 1 atom stereocenters. The zero-order chi connectivity index (χ0) is 17.8. The molecule has 0 radical (unpaired) electrons. The molecule has 0 aromatic heterocycles. The smallest absolute Gasteiger partial charge is 0.231 e. The van der Waals surface area contributed by atoms with E-state index in [4.69, 9.17) is 18.9 Å². The van der Waals surface area contributed by atoms with Gasteiger partial charge in [-0.1, -0.05) is 12.2 Å². The highest BCUT2D eigenvalue weighted by Crippen LogP contribution is 2.44. The quantitative estimate of drug-likeness (QED) is 0.830. The summed E-state index contributed by atoms with van der Waals surface area (Å²) in [6.45, 7) is 0.283. The molecule has 0 saturated heterocycles. The van der Waals surface area contributed by atoms with E-state index >= 15 is 0 Å². The van der Waals surface area contributed by atoms with Crippen molar-refractivity contribution in [3.05, 3.63) is 51.9 Å². The first-order valence-corrected chi connectivity index (χ1v) is 8.51. The second kappa shape index (κ2) is 5.46. The average molecular weight is 349 g/mol. The van der Waals surface area contributed by atoms with Gasteiger partial charge in [0.25, 0.3) is 0 Å². The molecule has 132 valence electrons. The lowest BCUT2D eigenvalue weighted by molar-refractivity contribution is 0.174. The molecule has 0 N–H and O–H groups in total. The van der Waals surface area contributed by atoms with Crippen LogP contribution in [0.3, 0.4) is 0 Å². The molecule has 0 saturated carbocycles. The Hall–Kier alpha value is -3.08. The van der Waals surface area contributed by atoms with Crippen molar-refractivity contribution in [2.45, 2.75) is 6.04 Å². The number of hydrogen-bond acceptors (Lipinski definition) is 5. The zero-order valence-corrected chi connectivity index (χ0v) is 14.9. The molecule has 0 bridgehead atoms. The molecule has 0 amide bonds. The Morgan fingerprint density at radius 1 is 0.962 bits per heavy atom. The Labute approximate surface area is 151 Å². The molecule has 0 spiro atoms. The van der Waals surface area contributed by atoms with Gasteiger partial charge < -0.3 is 23.8 Å². The van der Waals surface area contributed by atoms with Gasteiger partial charge in [0, 0.05) is 18.5 Å². The third-order valence-corrected chi connectivity index (χ3v) is 5.23. The highest BCUT2D eigenvalue weighted by Gasteiger charge is 2.30. The van der Waals surface area contributed by atoms with Gasteiger partial charge in [0.15, 0.2) is 23.0 Å². The number of ether oxygens (including phenoxy) is 4. The van der Waals surface area contributed by atoms with Gasteiger partial charge in [-0.15, -0.1) is 0 Å². The minimum atomic E-state index is 0.120. The fourth-order valence-corrected chi connectivity index (χ4v) is 4.01. The molecule has 2 aliphatic heterocycles. The summed E-state index contributed by atoms with van der Waals surface area (Å²) in [7, 11) is 5.42. The topological polar surface area (TPSA) is 40.2 Å². The van der Waals surface area contributed by atoms with Crippen LogP contribution in [0.5, 0.6) is 23.0 Å². The average Bonchev–Trinajstić information content (AvgIpc) is 3.12. The molecule has 5 rings (SSSR count). The fourth-order valence-electron chi connectivity index (χ4n) is 4.01. The van der Waals surface area contributed by atoms with Crippen LogP contribution in [0.4, 0.5) is 0 Å². The minimum Gasteiger partial charge on any atom is -0.493 e. The highest BCUT2D eigenvalue weighted by molar-refractivity contribution is 5.81. The van der Waals surface area contributed by atoms with Gasteiger partial charge in [-0.25, -0.2) is 0 Å². The monoisotopic (exact) mass is 349 g/mol. The number of hydrogen-bond donors (Lipinski definition) is 0. The Bertz CT molecular complexity index is 1070. The predicted molar refractivity (Wildman–Crippen MR) is 98.8 cm³/mol. The van der Waals surface area contributed by atoms with Crippen molar-refractivity contribution in [1.29, 1.82) is 0 Å². The Kier molecular flexibility index (Phi) is 3.19. The third-order valence-electron chi connectivity index (χ3n) is 5.23. The van der Waals surface area contributed by atoms with Gasteiger partial charge in [-0.3, -0.25) is 0 Å². The number of nitrogens with zero attached hydrogens (tertiary/aromatic N) is 1. The van der Waals surface area contributed by atoms with E-state index in [-0.39, 0.29) is 12.8 Å². The van der Waals surface area contributed by atoms with Gasteiger partial charge in [-0.2, -0.15) is 0 Å². The maximum absolute atomic E-state index is 5.59. The molecule has 2 aromatic carbocycles. The first-order chi connectivity index (χ1) is 12.7. The molecular formula is C21H19NO4.